The fourth-order valence-corrected chi connectivity index (χ4v) is 7.33. The molecule has 1 aromatic heterocycles. The van der Waals surface area contributed by atoms with Crippen LogP contribution < -0.4 is 5.32 Å². The first kappa shape index (κ1) is 27.6. The highest BCUT2D eigenvalue weighted by Crippen LogP contribution is 2.37. The highest BCUT2D eigenvalue weighted by Gasteiger charge is 2.24. The van der Waals surface area contributed by atoms with Gasteiger partial charge in [0, 0.05) is 21.9 Å². The number of hydrogen-bond acceptors (Lipinski definition) is 4. The number of furan rings is 1. The lowest BCUT2D eigenvalue weighted by atomic mass is 9.92. The Bertz CT molecular complexity index is 2810. The van der Waals surface area contributed by atoms with Crippen LogP contribution in [0.5, 0.6) is 0 Å². The van der Waals surface area contributed by atoms with E-state index in [4.69, 9.17) is 14.4 Å². The molecule has 4 heteroatoms. The van der Waals surface area contributed by atoms with Gasteiger partial charge in [0.25, 0.3) is 0 Å². The molecule has 1 atom stereocenters. The molecule has 1 N–H and O–H groups in total. The number of para-hydroxylation sites is 1. The average molecular weight is 628 g/mol. The molecule has 230 valence electrons. The van der Waals surface area contributed by atoms with Crippen molar-refractivity contribution in [3.05, 3.63) is 180 Å². The van der Waals surface area contributed by atoms with Crippen LogP contribution in [-0.4, -0.2) is 11.7 Å². The van der Waals surface area contributed by atoms with E-state index in [1.807, 2.05) is 24.3 Å². The maximum atomic E-state index is 6.28. The Morgan fingerprint density at radius 1 is 0.469 bits per heavy atom. The Morgan fingerprint density at radius 3 is 2.12 bits per heavy atom. The predicted molar refractivity (Wildman–Crippen MR) is 204 cm³/mol. The second-order valence-electron chi connectivity index (χ2n) is 12.6. The van der Waals surface area contributed by atoms with Gasteiger partial charge in [0.1, 0.15) is 23.2 Å². The summed E-state index contributed by atoms with van der Waals surface area (Å²) in [6.45, 7) is 0. The van der Waals surface area contributed by atoms with Gasteiger partial charge in [0.05, 0.1) is 0 Å². The summed E-state index contributed by atoms with van der Waals surface area (Å²) in [5.41, 5.74) is 7.13. The first-order valence-electron chi connectivity index (χ1n) is 16.6. The molecule has 4 nitrogen and oxygen atoms in total. The zero-order chi connectivity index (χ0) is 32.3. The lowest BCUT2D eigenvalue weighted by Crippen LogP contribution is -2.33. The SMILES string of the molecule is c1ccc(-c2cc3ccccc3c3cc(C4=NC(c5ccc6ccccc6c5)NC(c5cccc6oc7ccccc7c56)=N4)ccc23)cc1. The van der Waals surface area contributed by atoms with Crippen LogP contribution >= 0.6 is 0 Å². The summed E-state index contributed by atoms with van der Waals surface area (Å²) in [6.07, 6.45) is -0.344. The van der Waals surface area contributed by atoms with Crippen LogP contribution in [0.25, 0.3) is 65.4 Å². The minimum Gasteiger partial charge on any atom is -0.456 e. The van der Waals surface area contributed by atoms with Crippen molar-refractivity contribution >= 4 is 65.9 Å². The molecule has 49 heavy (non-hydrogen) atoms. The van der Waals surface area contributed by atoms with Gasteiger partial charge in [-0.05, 0) is 79.3 Å². The summed E-state index contributed by atoms with van der Waals surface area (Å²) in [4.78, 5) is 10.6. The molecule has 0 saturated carbocycles. The van der Waals surface area contributed by atoms with E-state index in [-0.39, 0.29) is 6.17 Å². The molecular weight excluding hydrogens is 599 g/mol. The highest BCUT2D eigenvalue weighted by atomic mass is 16.3. The zero-order valence-electron chi connectivity index (χ0n) is 26.5. The smallest absolute Gasteiger partial charge is 0.159 e. The number of nitrogens with zero attached hydrogens (tertiary/aromatic N) is 2. The quantitative estimate of drug-likeness (QED) is 0.197. The van der Waals surface area contributed by atoms with Crippen molar-refractivity contribution in [3.8, 4) is 11.1 Å². The fraction of sp³-hybridized carbons (Fsp3) is 0.0222. The Morgan fingerprint density at radius 2 is 1.22 bits per heavy atom. The van der Waals surface area contributed by atoms with E-state index in [0.717, 1.165) is 44.5 Å². The van der Waals surface area contributed by atoms with E-state index in [1.165, 1.54) is 43.4 Å². The van der Waals surface area contributed by atoms with Crippen LogP contribution in [0.3, 0.4) is 0 Å². The first-order valence-corrected chi connectivity index (χ1v) is 16.6. The van der Waals surface area contributed by atoms with E-state index >= 15 is 0 Å². The van der Waals surface area contributed by atoms with Crippen molar-refractivity contribution in [1.82, 2.24) is 5.32 Å². The molecule has 1 aliphatic heterocycles. The zero-order valence-corrected chi connectivity index (χ0v) is 26.5. The third-order valence-corrected chi connectivity index (χ3v) is 9.69. The number of nitrogens with one attached hydrogen (secondary N) is 1. The average Bonchev–Trinajstić information content (AvgIpc) is 3.56. The molecule has 0 saturated heterocycles. The van der Waals surface area contributed by atoms with Gasteiger partial charge in [-0.1, -0.05) is 133 Å². The molecule has 8 aromatic carbocycles. The van der Waals surface area contributed by atoms with Gasteiger partial charge >= 0.3 is 0 Å². The molecule has 9 aromatic rings. The Hall–Kier alpha value is -6.52. The molecule has 0 bridgehead atoms. The molecule has 0 radical (unpaired) electrons. The summed E-state index contributed by atoms with van der Waals surface area (Å²) >= 11 is 0. The van der Waals surface area contributed by atoms with E-state index in [2.05, 4.69) is 145 Å². The second kappa shape index (κ2) is 11.0. The van der Waals surface area contributed by atoms with E-state index < -0.39 is 0 Å². The van der Waals surface area contributed by atoms with Gasteiger partial charge in [-0.2, -0.15) is 0 Å². The number of aliphatic imine (C=N–C) groups is 2. The highest BCUT2D eigenvalue weighted by molar-refractivity contribution is 6.23. The number of amidine groups is 2. The van der Waals surface area contributed by atoms with Crippen molar-refractivity contribution in [2.24, 2.45) is 9.98 Å². The lowest BCUT2D eigenvalue weighted by molar-refractivity contribution is 0.668. The summed E-state index contributed by atoms with van der Waals surface area (Å²) < 4.78 is 6.28. The van der Waals surface area contributed by atoms with Crippen LogP contribution in [0.2, 0.25) is 0 Å². The van der Waals surface area contributed by atoms with Crippen molar-refractivity contribution in [3.63, 3.8) is 0 Å². The molecule has 0 fully saturated rings. The molecular formula is C45H29N3O. The summed E-state index contributed by atoms with van der Waals surface area (Å²) in [7, 11) is 0. The fourth-order valence-electron chi connectivity index (χ4n) is 7.33. The van der Waals surface area contributed by atoms with Gasteiger partial charge in [0.15, 0.2) is 5.84 Å². The largest absolute Gasteiger partial charge is 0.456 e. The van der Waals surface area contributed by atoms with E-state index in [1.54, 1.807) is 0 Å². The Balaban J connectivity index is 1.20. The second-order valence-corrected chi connectivity index (χ2v) is 12.6. The van der Waals surface area contributed by atoms with Gasteiger partial charge in [-0.3, -0.25) is 0 Å². The molecule has 1 aliphatic rings. The summed E-state index contributed by atoms with van der Waals surface area (Å²) in [5.74, 6) is 1.45. The van der Waals surface area contributed by atoms with E-state index in [9.17, 15) is 0 Å². The normalized spacial score (nSPS) is 14.7. The van der Waals surface area contributed by atoms with Crippen LogP contribution in [0, 0.1) is 0 Å². The number of rotatable bonds is 4. The first-order chi connectivity index (χ1) is 24.3. The number of fused-ring (bicyclic) bond motifs is 7. The summed E-state index contributed by atoms with van der Waals surface area (Å²) in [6, 6.07) is 57.6. The van der Waals surface area contributed by atoms with Crippen molar-refractivity contribution in [1.29, 1.82) is 0 Å². The maximum Gasteiger partial charge on any atom is 0.159 e. The molecule has 2 heterocycles. The van der Waals surface area contributed by atoms with Crippen LogP contribution in [-0.2, 0) is 0 Å². The van der Waals surface area contributed by atoms with Crippen molar-refractivity contribution < 1.29 is 4.42 Å². The van der Waals surface area contributed by atoms with Crippen molar-refractivity contribution in [2.45, 2.75) is 6.17 Å². The standard InChI is InChI=1S/C45H29N3O/c1-2-12-29(13-3-1)38-26-31-15-6-7-16-34(31)39-27-33(23-24-35(38)39)44-46-43(32-22-21-28-11-4-5-14-30(28)25-32)47-45(48-44)37-18-10-20-41-42(37)36-17-8-9-19-40(36)49-41/h1-27,43H,(H,46,47,48). The lowest BCUT2D eigenvalue weighted by Gasteiger charge is -2.24. The molecule has 0 aliphatic carbocycles. The van der Waals surface area contributed by atoms with Gasteiger partial charge in [0.2, 0.25) is 0 Å². The third-order valence-electron chi connectivity index (χ3n) is 9.69. The van der Waals surface area contributed by atoms with Crippen LogP contribution in [0.15, 0.2) is 178 Å². The van der Waals surface area contributed by atoms with Crippen LogP contribution in [0.1, 0.15) is 22.9 Å². The van der Waals surface area contributed by atoms with Crippen molar-refractivity contribution in [2.75, 3.05) is 0 Å². The monoisotopic (exact) mass is 627 g/mol. The van der Waals surface area contributed by atoms with Gasteiger partial charge < -0.3 is 9.73 Å². The Kier molecular flexibility index (Phi) is 6.21. The molecule has 0 spiro atoms. The molecule has 1 unspecified atom stereocenters. The third kappa shape index (κ3) is 4.61. The number of benzene rings is 8. The molecule has 10 rings (SSSR count). The minimum absolute atomic E-state index is 0.344. The van der Waals surface area contributed by atoms with Crippen LogP contribution in [0.4, 0.5) is 0 Å². The van der Waals surface area contributed by atoms with Gasteiger partial charge in [-0.25, -0.2) is 9.98 Å². The minimum atomic E-state index is -0.344. The number of hydrogen-bond donors (Lipinski definition) is 1. The predicted octanol–water partition coefficient (Wildman–Crippen LogP) is 11.2. The van der Waals surface area contributed by atoms with E-state index in [0.29, 0.717) is 5.84 Å². The Labute approximate surface area is 282 Å². The molecule has 0 amide bonds. The topological polar surface area (TPSA) is 49.9 Å². The summed E-state index contributed by atoms with van der Waals surface area (Å²) in [5, 5.41) is 13.0. The maximum absolute atomic E-state index is 6.28. The van der Waals surface area contributed by atoms with Gasteiger partial charge in [-0.15, -0.1) is 0 Å².